The van der Waals surface area contributed by atoms with Crippen LogP contribution in [-0.4, -0.2) is 63.5 Å². The van der Waals surface area contributed by atoms with Crippen molar-refractivity contribution in [2.45, 2.75) is 79.8 Å². The van der Waals surface area contributed by atoms with Gasteiger partial charge in [-0.25, -0.2) is 4.79 Å². The van der Waals surface area contributed by atoms with Crippen LogP contribution in [0.5, 0.6) is 0 Å². The predicted octanol–water partition coefficient (Wildman–Crippen LogP) is 3.63. The van der Waals surface area contributed by atoms with Crippen molar-refractivity contribution in [1.29, 1.82) is 0 Å². The number of ether oxygens (including phenoxy) is 2. The number of nitrogens with one attached hydrogen (secondary N) is 1. The third-order valence-electron chi connectivity index (χ3n) is 9.95. The number of carbonyl (C=O) groups excluding carboxylic acids is 3. The zero-order chi connectivity index (χ0) is 27.1. The summed E-state index contributed by atoms with van der Waals surface area (Å²) in [6.07, 6.45) is 1.54. The Labute approximate surface area is 226 Å². The maximum Gasteiger partial charge on any atom is 0.471 e. The van der Waals surface area contributed by atoms with E-state index in [0.717, 1.165) is 41.1 Å². The molecule has 38 heavy (non-hydrogen) atoms. The van der Waals surface area contributed by atoms with Crippen LogP contribution in [0.2, 0.25) is 4.78 Å². The van der Waals surface area contributed by atoms with Crippen molar-refractivity contribution >= 4 is 34.0 Å². The molecule has 6 nitrogen and oxygen atoms in total. The molecule has 1 aromatic carbocycles. The SMILES string of the molecule is C[C@]12CC=C3C=C4[C@@H](OC(=O)c5ccccc5)C(=O)[C@@H](NC(=O)C(F)(F)F)C[C@]45CC[C@]3(O5)[C@@H]1CC[C@@H]2[AlH2]. The van der Waals surface area contributed by atoms with Gasteiger partial charge in [-0.05, 0) is 54.7 Å². The molecule has 0 aromatic heterocycles. The van der Waals surface area contributed by atoms with Gasteiger partial charge in [0.15, 0.2) is 11.9 Å². The number of fused-ring (bicyclic) bond motifs is 1. The third-order valence-corrected chi connectivity index (χ3v) is 11.8. The van der Waals surface area contributed by atoms with Gasteiger partial charge in [0.05, 0.1) is 22.8 Å². The minimum Gasteiger partial charge on any atom is -0.446 e. The van der Waals surface area contributed by atoms with Gasteiger partial charge in [-0.3, -0.25) is 9.59 Å². The molecule has 200 valence electrons. The molecule has 5 aliphatic rings. The fraction of sp³-hybridized carbons (Fsp3) is 0.536. The van der Waals surface area contributed by atoms with E-state index in [4.69, 9.17) is 9.47 Å². The van der Waals surface area contributed by atoms with Gasteiger partial charge in [-0.15, -0.1) is 0 Å². The summed E-state index contributed by atoms with van der Waals surface area (Å²) >= 11 is 1.07. The zero-order valence-electron chi connectivity index (χ0n) is 21.3. The number of Topliss-reactive ketones (excluding diaryl/α,β-unsaturated/α-hetero) is 1. The van der Waals surface area contributed by atoms with Crippen molar-refractivity contribution in [2.24, 2.45) is 11.3 Å². The summed E-state index contributed by atoms with van der Waals surface area (Å²) in [5, 5.41) is 1.87. The van der Waals surface area contributed by atoms with E-state index < -0.39 is 47.2 Å². The number of alkyl halides is 3. The molecule has 0 unspecified atom stereocenters. The van der Waals surface area contributed by atoms with Gasteiger partial charge in [-0.2, -0.15) is 13.2 Å². The molecule has 6 rings (SSSR count). The summed E-state index contributed by atoms with van der Waals surface area (Å²) in [6.45, 7) is 2.32. The number of hydrogen-bond acceptors (Lipinski definition) is 5. The van der Waals surface area contributed by atoms with Crippen LogP contribution in [0, 0.1) is 11.3 Å². The molecule has 2 aliphatic heterocycles. The lowest BCUT2D eigenvalue weighted by atomic mass is 9.61. The quantitative estimate of drug-likeness (QED) is 0.465. The van der Waals surface area contributed by atoms with Crippen molar-refractivity contribution in [2.75, 3.05) is 0 Å². The van der Waals surface area contributed by atoms with Crippen LogP contribution >= 0.6 is 0 Å². The number of amides is 1. The van der Waals surface area contributed by atoms with E-state index in [2.05, 4.69) is 13.0 Å². The normalized spacial score (nSPS) is 39.3. The van der Waals surface area contributed by atoms with Gasteiger partial charge in [0, 0.05) is 12.0 Å². The van der Waals surface area contributed by atoms with E-state index in [1.807, 2.05) is 11.4 Å². The molecular weight excluding hydrogens is 514 g/mol. The van der Waals surface area contributed by atoms with Crippen LogP contribution in [0.25, 0.3) is 0 Å². The molecular formula is C28H29AlF3NO5. The standard InChI is InChI=1S/C28H27F3NO5.Al.2H/c1-25-10-5-8-20(25)27-13-12-26(37-27)15-19(32-24(35)28(29,30)31)21(33)22(18(26)14-17(27)9-11-25)36-23(34)16-6-3-2-4-7-16;;;/h2-4,6-7,9-10,14,19-20,22H,5,8,11-13,15H2,1H3,(H,32,35);;;/t19-,20+,22+,25-,26+,27+;;;/m0.../s1. The van der Waals surface area contributed by atoms with Gasteiger partial charge >= 0.3 is 18.1 Å². The van der Waals surface area contributed by atoms with E-state index in [9.17, 15) is 27.6 Å². The first-order valence-corrected chi connectivity index (χ1v) is 14.4. The minimum atomic E-state index is -5.15. The first-order chi connectivity index (χ1) is 17.9. The van der Waals surface area contributed by atoms with E-state index in [-0.39, 0.29) is 23.3 Å². The molecule has 0 radical (unpaired) electrons. The Kier molecular flexibility index (Phi) is 5.81. The summed E-state index contributed by atoms with van der Waals surface area (Å²) in [7, 11) is 0. The lowest BCUT2D eigenvalue weighted by Gasteiger charge is -2.54. The first kappa shape index (κ1) is 25.8. The summed E-state index contributed by atoms with van der Waals surface area (Å²) in [5.74, 6) is -3.48. The minimum absolute atomic E-state index is 0.0974. The summed E-state index contributed by atoms with van der Waals surface area (Å²) < 4.78 is 52.8. The number of carbonyl (C=O) groups is 3. The van der Waals surface area contributed by atoms with Crippen molar-refractivity contribution < 1.29 is 37.0 Å². The average molecular weight is 544 g/mol. The molecule has 1 amide bonds. The topological polar surface area (TPSA) is 81.7 Å². The van der Waals surface area contributed by atoms with Crippen LogP contribution in [0.1, 0.15) is 55.8 Å². The molecule has 1 saturated heterocycles. The largest absolute Gasteiger partial charge is 0.471 e. The van der Waals surface area contributed by atoms with E-state index in [0.29, 0.717) is 23.2 Å². The highest BCUT2D eigenvalue weighted by Gasteiger charge is 2.68. The molecule has 2 saturated carbocycles. The molecule has 10 heteroatoms. The molecule has 2 heterocycles. The van der Waals surface area contributed by atoms with E-state index in [1.165, 1.54) is 12.1 Å². The lowest BCUT2D eigenvalue weighted by molar-refractivity contribution is -0.177. The second-order valence-electron chi connectivity index (χ2n) is 11.8. The Bertz CT molecular complexity index is 1280. The van der Waals surface area contributed by atoms with Gasteiger partial charge in [0.25, 0.3) is 0 Å². The molecule has 2 spiro atoms. The molecule has 1 N–H and O–H groups in total. The highest BCUT2D eigenvalue weighted by Crippen LogP contribution is 2.68. The monoisotopic (exact) mass is 543 g/mol. The third kappa shape index (κ3) is 3.67. The molecule has 1 aromatic rings. The number of rotatable bonds is 3. The Morgan fingerprint density at radius 2 is 1.89 bits per heavy atom. The van der Waals surface area contributed by atoms with Crippen LogP contribution in [-0.2, 0) is 19.1 Å². The average Bonchev–Trinajstić information content (AvgIpc) is 3.36. The van der Waals surface area contributed by atoms with Crippen molar-refractivity contribution in [1.82, 2.24) is 5.32 Å². The maximum atomic E-state index is 13.5. The number of allylic oxidation sites excluding steroid dienone is 1. The molecule has 2 bridgehead atoms. The fourth-order valence-corrected chi connectivity index (χ4v) is 8.75. The first-order valence-electron chi connectivity index (χ1n) is 13.2. The molecule has 7 atom stereocenters. The van der Waals surface area contributed by atoms with Crippen LogP contribution in [0.3, 0.4) is 0 Å². The second-order valence-corrected chi connectivity index (χ2v) is 13.2. The number of benzene rings is 1. The van der Waals surface area contributed by atoms with Gasteiger partial charge in [-0.1, -0.05) is 48.5 Å². The lowest BCUT2D eigenvalue weighted by Crippen LogP contribution is -2.62. The Morgan fingerprint density at radius 1 is 1.16 bits per heavy atom. The fourth-order valence-electron chi connectivity index (χ4n) is 7.78. The Balaban J connectivity index is 1.42. The van der Waals surface area contributed by atoms with Gasteiger partial charge in [0.1, 0.15) is 0 Å². The number of esters is 1. The second kappa shape index (κ2) is 8.54. The maximum absolute atomic E-state index is 13.5. The zero-order valence-corrected chi connectivity index (χ0v) is 23.3. The van der Waals surface area contributed by atoms with Gasteiger partial charge < -0.3 is 14.8 Å². The van der Waals surface area contributed by atoms with Crippen LogP contribution in [0.4, 0.5) is 13.2 Å². The Morgan fingerprint density at radius 3 is 2.61 bits per heavy atom. The highest BCUT2D eigenvalue weighted by molar-refractivity contribution is 6.12. The summed E-state index contributed by atoms with van der Waals surface area (Å²) in [5.41, 5.74) is 0.0734. The predicted molar refractivity (Wildman–Crippen MR) is 133 cm³/mol. The van der Waals surface area contributed by atoms with Crippen molar-refractivity contribution in [3.8, 4) is 0 Å². The molecule has 3 aliphatic carbocycles. The molecule has 3 fully saturated rings. The van der Waals surface area contributed by atoms with Crippen molar-refractivity contribution in [3.05, 3.63) is 59.2 Å². The number of hydrogen-bond donors (Lipinski definition) is 1. The number of ketones is 1. The summed E-state index contributed by atoms with van der Waals surface area (Å²) in [6, 6.07) is 6.60. The summed E-state index contributed by atoms with van der Waals surface area (Å²) in [4.78, 5) is 38.4. The van der Waals surface area contributed by atoms with Crippen LogP contribution < -0.4 is 5.32 Å². The van der Waals surface area contributed by atoms with Crippen molar-refractivity contribution in [3.63, 3.8) is 0 Å². The Hall–Kier alpha value is -2.41. The van der Waals surface area contributed by atoms with Crippen LogP contribution in [0.15, 0.2) is 53.6 Å². The smallest absolute Gasteiger partial charge is 0.446 e. The van der Waals surface area contributed by atoms with E-state index >= 15 is 0 Å². The van der Waals surface area contributed by atoms with E-state index in [1.54, 1.807) is 18.2 Å². The van der Waals surface area contributed by atoms with Gasteiger partial charge in [0.2, 0.25) is 16.3 Å². The highest BCUT2D eigenvalue weighted by atomic mass is 27.0. The number of halogens is 3.